The van der Waals surface area contributed by atoms with E-state index in [1.807, 2.05) is 36.4 Å². The Bertz CT molecular complexity index is 536. The summed E-state index contributed by atoms with van der Waals surface area (Å²) in [5.41, 5.74) is 0.747. The first kappa shape index (κ1) is 15.8. The summed E-state index contributed by atoms with van der Waals surface area (Å²) in [7, 11) is 0. The summed E-state index contributed by atoms with van der Waals surface area (Å²) in [4.78, 5) is 16.0. The summed E-state index contributed by atoms with van der Waals surface area (Å²) in [5, 5.41) is 8.91. The summed E-state index contributed by atoms with van der Waals surface area (Å²) >= 11 is 6.74. The third kappa shape index (κ3) is 4.45. The van der Waals surface area contributed by atoms with Crippen molar-refractivity contribution in [1.82, 2.24) is 4.90 Å². The van der Waals surface area contributed by atoms with Crippen molar-refractivity contribution in [3.63, 3.8) is 0 Å². The molecular formula is C15H17N3OS2. The van der Waals surface area contributed by atoms with E-state index in [1.54, 1.807) is 0 Å². The highest BCUT2D eigenvalue weighted by Crippen LogP contribution is 2.19. The normalized spacial score (nSPS) is 13.8. The molecule has 0 radical (unpaired) electrons. The van der Waals surface area contributed by atoms with Gasteiger partial charge in [0.2, 0.25) is 5.91 Å². The van der Waals surface area contributed by atoms with Gasteiger partial charge in [0.25, 0.3) is 0 Å². The zero-order chi connectivity index (χ0) is 15.1. The van der Waals surface area contributed by atoms with Crippen molar-refractivity contribution in [2.24, 2.45) is 0 Å². The third-order valence-corrected chi connectivity index (χ3v) is 4.79. The van der Waals surface area contributed by atoms with Gasteiger partial charge in [0.15, 0.2) is 0 Å². The zero-order valence-corrected chi connectivity index (χ0v) is 13.3. The molecule has 6 heteroatoms. The number of likely N-dealkylation sites (tertiary alicyclic amines) is 1. The number of nitrogens with zero attached hydrogens (tertiary/aromatic N) is 3. The number of nitriles is 1. The molecule has 1 aromatic carbocycles. The van der Waals surface area contributed by atoms with Crippen LogP contribution in [-0.4, -0.2) is 40.5 Å². The molecule has 1 aliphatic rings. The summed E-state index contributed by atoms with van der Waals surface area (Å²) < 4.78 is 0.783. The Morgan fingerprint density at radius 1 is 1.33 bits per heavy atom. The van der Waals surface area contributed by atoms with E-state index in [9.17, 15) is 4.79 Å². The van der Waals surface area contributed by atoms with Crippen LogP contribution < -0.4 is 4.90 Å². The molecule has 0 aromatic heterocycles. The monoisotopic (exact) mass is 319 g/mol. The summed E-state index contributed by atoms with van der Waals surface area (Å²) in [5.74, 6) is 0.181. The molecule has 0 N–H and O–H groups in total. The quantitative estimate of drug-likeness (QED) is 0.631. The molecular weight excluding hydrogens is 302 g/mol. The van der Waals surface area contributed by atoms with Gasteiger partial charge in [-0.3, -0.25) is 9.69 Å². The molecule has 0 unspecified atom stereocenters. The first-order chi connectivity index (χ1) is 10.2. The van der Waals surface area contributed by atoms with Crippen LogP contribution >= 0.6 is 24.0 Å². The first-order valence-electron chi connectivity index (χ1n) is 6.86. The van der Waals surface area contributed by atoms with E-state index in [2.05, 4.69) is 4.90 Å². The molecule has 0 spiro atoms. The lowest BCUT2D eigenvalue weighted by molar-refractivity contribution is -0.116. The zero-order valence-electron chi connectivity index (χ0n) is 11.7. The maximum atomic E-state index is 12.3. The number of thiocarbonyl (C=S) groups is 1. The van der Waals surface area contributed by atoms with Crippen LogP contribution in [0.2, 0.25) is 0 Å². The van der Waals surface area contributed by atoms with Crippen LogP contribution in [0.1, 0.15) is 12.8 Å². The van der Waals surface area contributed by atoms with Gasteiger partial charge in [-0.2, -0.15) is 5.26 Å². The average Bonchev–Trinajstić information content (AvgIpc) is 3.05. The molecule has 21 heavy (non-hydrogen) atoms. The van der Waals surface area contributed by atoms with Crippen LogP contribution in [0, 0.1) is 11.3 Å². The van der Waals surface area contributed by atoms with E-state index in [0.717, 1.165) is 23.1 Å². The minimum atomic E-state index is -0.0886. The second-order valence-corrected chi connectivity index (χ2v) is 6.33. The molecule has 1 heterocycles. The van der Waals surface area contributed by atoms with Crippen molar-refractivity contribution in [3.05, 3.63) is 30.3 Å². The van der Waals surface area contributed by atoms with Gasteiger partial charge in [-0.25, -0.2) is 0 Å². The third-order valence-electron chi connectivity index (χ3n) is 3.28. The molecule has 0 saturated carbocycles. The molecule has 1 fully saturated rings. The number of carbonyl (C=O) groups is 1. The fourth-order valence-corrected chi connectivity index (χ4v) is 3.32. The SMILES string of the molecule is N#CCN(C(=O)CSC(=S)N1CCCC1)c1ccccc1. The predicted molar refractivity (Wildman–Crippen MR) is 90.3 cm³/mol. The maximum absolute atomic E-state index is 12.3. The Hall–Kier alpha value is -1.58. The Morgan fingerprint density at radius 2 is 2.00 bits per heavy atom. The Labute approximate surface area is 134 Å². The second-order valence-electron chi connectivity index (χ2n) is 4.72. The van der Waals surface area contributed by atoms with Crippen LogP contribution in [0.3, 0.4) is 0 Å². The lowest BCUT2D eigenvalue weighted by atomic mass is 10.3. The molecule has 1 saturated heterocycles. The number of hydrogen-bond acceptors (Lipinski definition) is 4. The van der Waals surface area contributed by atoms with Crippen LogP contribution in [0.25, 0.3) is 0 Å². The number of amides is 1. The van der Waals surface area contributed by atoms with Crippen LogP contribution in [-0.2, 0) is 4.79 Å². The van der Waals surface area contributed by atoms with E-state index >= 15 is 0 Å². The van der Waals surface area contributed by atoms with E-state index in [0.29, 0.717) is 0 Å². The van der Waals surface area contributed by atoms with Gasteiger partial charge in [-0.15, -0.1) is 0 Å². The van der Waals surface area contributed by atoms with Gasteiger partial charge in [0.05, 0.1) is 11.8 Å². The van der Waals surface area contributed by atoms with Crippen LogP contribution in [0.4, 0.5) is 5.69 Å². The number of hydrogen-bond donors (Lipinski definition) is 0. The number of para-hydroxylation sites is 1. The second kappa shape index (κ2) is 8.01. The highest BCUT2D eigenvalue weighted by Gasteiger charge is 2.19. The van der Waals surface area contributed by atoms with E-state index in [-0.39, 0.29) is 18.2 Å². The van der Waals surface area contributed by atoms with Gasteiger partial charge in [-0.1, -0.05) is 42.2 Å². The van der Waals surface area contributed by atoms with Gasteiger partial charge in [0.1, 0.15) is 10.9 Å². The predicted octanol–water partition coefficient (Wildman–Crippen LogP) is 2.66. The Balaban J connectivity index is 1.93. The topological polar surface area (TPSA) is 47.3 Å². The van der Waals surface area contributed by atoms with Crippen molar-refractivity contribution < 1.29 is 4.79 Å². The lowest BCUT2D eigenvalue weighted by Crippen LogP contribution is -2.34. The van der Waals surface area contributed by atoms with E-state index in [4.69, 9.17) is 17.5 Å². The molecule has 110 valence electrons. The van der Waals surface area contributed by atoms with E-state index < -0.39 is 0 Å². The van der Waals surface area contributed by atoms with Crippen molar-refractivity contribution >= 4 is 39.9 Å². The summed E-state index contributed by atoms with van der Waals surface area (Å²) in [6, 6.07) is 11.3. The smallest absolute Gasteiger partial charge is 0.238 e. The molecule has 0 bridgehead atoms. The van der Waals surface area contributed by atoms with Crippen LogP contribution in [0.15, 0.2) is 30.3 Å². The highest BCUT2D eigenvalue weighted by atomic mass is 32.2. The number of anilines is 1. The minimum Gasteiger partial charge on any atom is -0.358 e. The Kier molecular flexibility index (Phi) is 6.03. The number of rotatable bonds is 4. The van der Waals surface area contributed by atoms with Crippen molar-refractivity contribution in [1.29, 1.82) is 5.26 Å². The minimum absolute atomic E-state index is 0.0554. The lowest BCUT2D eigenvalue weighted by Gasteiger charge is -2.21. The molecule has 0 atom stereocenters. The molecule has 1 aliphatic heterocycles. The number of benzene rings is 1. The van der Waals surface area contributed by atoms with Gasteiger partial charge >= 0.3 is 0 Å². The highest BCUT2D eigenvalue weighted by molar-refractivity contribution is 8.23. The first-order valence-corrected chi connectivity index (χ1v) is 8.26. The number of thioether (sulfide) groups is 1. The summed E-state index contributed by atoms with van der Waals surface area (Å²) in [6.07, 6.45) is 2.33. The molecule has 0 aliphatic carbocycles. The van der Waals surface area contributed by atoms with Crippen molar-refractivity contribution in [2.75, 3.05) is 30.3 Å². The van der Waals surface area contributed by atoms with Gasteiger partial charge in [0, 0.05) is 18.8 Å². The molecule has 4 nitrogen and oxygen atoms in total. The standard InChI is InChI=1S/C15H17N3OS2/c16-8-11-18(13-6-2-1-3-7-13)14(19)12-21-15(20)17-9-4-5-10-17/h1-3,6-7H,4-5,9-12H2. The summed E-state index contributed by atoms with van der Waals surface area (Å²) in [6.45, 7) is 2.03. The maximum Gasteiger partial charge on any atom is 0.238 e. The average molecular weight is 319 g/mol. The van der Waals surface area contributed by atoms with Crippen molar-refractivity contribution in [3.8, 4) is 6.07 Å². The Morgan fingerprint density at radius 3 is 2.62 bits per heavy atom. The van der Waals surface area contributed by atoms with Gasteiger partial charge < -0.3 is 4.90 Å². The van der Waals surface area contributed by atoms with Crippen LogP contribution in [0.5, 0.6) is 0 Å². The fraction of sp³-hybridized carbons (Fsp3) is 0.400. The van der Waals surface area contributed by atoms with E-state index in [1.165, 1.54) is 29.5 Å². The van der Waals surface area contributed by atoms with Crippen molar-refractivity contribution in [2.45, 2.75) is 12.8 Å². The number of carbonyl (C=O) groups excluding carboxylic acids is 1. The molecule has 1 amide bonds. The molecule has 1 aromatic rings. The van der Waals surface area contributed by atoms with Gasteiger partial charge in [-0.05, 0) is 25.0 Å². The largest absolute Gasteiger partial charge is 0.358 e. The fourth-order valence-electron chi connectivity index (χ4n) is 2.19. The molecule has 2 rings (SSSR count).